The third kappa shape index (κ3) is 3.65. The first-order valence-corrected chi connectivity index (χ1v) is 8.24. The Balaban J connectivity index is 1.69. The standard InChI is InChI=1S/C17H18N4OS/c1-11-5-4-6-14(7-11)18-16(22)9-15-10-23-17(19-15)21-13(3)8-12(2)20-21/h4-8,10H,9H2,1-3H3,(H,18,22). The normalized spacial score (nSPS) is 10.7. The number of nitrogens with zero attached hydrogens (tertiary/aromatic N) is 3. The van der Waals surface area contributed by atoms with Gasteiger partial charge in [0.05, 0.1) is 17.8 Å². The van der Waals surface area contributed by atoms with Gasteiger partial charge in [-0.3, -0.25) is 4.79 Å². The largest absolute Gasteiger partial charge is 0.326 e. The van der Waals surface area contributed by atoms with E-state index in [1.807, 2.05) is 61.2 Å². The molecule has 2 aromatic heterocycles. The molecule has 118 valence electrons. The topological polar surface area (TPSA) is 59.8 Å². The molecule has 0 saturated heterocycles. The maximum Gasteiger partial charge on any atom is 0.230 e. The van der Waals surface area contributed by atoms with Crippen molar-refractivity contribution in [1.82, 2.24) is 14.8 Å². The minimum absolute atomic E-state index is 0.0687. The molecule has 0 saturated carbocycles. The number of carbonyl (C=O) groups is 1. The highest BCUT2D eigenvalue weighted by molar-refractivity contribution is 7.12. The minimum Gasteiger partial charge on any atom is -0.326 e. The average molecular weight is 326 g/mol. The molecule has 0 radical (unpaired) electrons. The van der Waals surface area contributed by atoms with Crippen molar-refractivity contribution in [3.8, 4) is 5.13 Å². The van der Waals surface area contributed by atoms with Gasteiger partial charge >= 0.3 is 0 Å². The van der Waals surface area contributed by atoms with Crippen LogP contribution in [0.3, 0.4) is 0 Å². The second-order valence-corrected chi connectivity index (χ2v) is 6.39. The lowest BCUT2D eigenvalue weighted by Crippen LogP contribution is -2.14. The molecule has 0 atom stereocenters. The fourth-order valence-corrected chi connectivity index (χ4v) is 3.22. The van der Waals surface area contributed by atoms with Crippen LogP contribution in [0.1, 0.15) is 22.6 Å². The van der Waals surface area contributed by atoms with E-state index in [2.05, 4.69) is 15.4 Å². The summed E-state index contributed by atoms with van der Waals surface area (Å²) in [6.45, 7) is 5.94. The second-order valence-electron chi connectivity index (χ2n) is 5.55. The first kappa shape index (κ1) is 15.4. The lowest BCUT2D eigenvalue weighted by molar-refractivity contribution is -0.115. The van der Waals surface area contributed by atoms with Crippen molar-refractivity contribution in [2.75, 3.05) is 5.32 Å². The number of benzene rings is 1. The number of carbonyl (C=O) groups excluding carboxylic acids is 1. The van der Waals surface area contributed by atoms with E-state index in [4.69, 9.17) is 0 Å². The highest BCUT2D eigenvalue weighted by Gasteiger charge is 2.11. The maximum absolute atomic E-state index is 12.1. The predicted molar refractivity (Wildman–Crippen MR) is 92.2 cm³/mol. The van der Waals surface area contributed by atoms with E-state index in [-0.39, 0.29) is 12.3 Å². The van der Waals surface area contributed by atoms with E-state index >= 15 is 0 Å². The Morgan fingerprint density at radius 3 is 2.78 bits per heavy atom. The van der Waals surface area contributed by atoms with Crippen LogP contribution >= 0.6 is 11.3 Å². The fourth-order valence-electron chi connectivity index (χ4n) is 2.39. The molecule has 0 fully saturated rings. The van der Waals surface area contributed by atoms with E-state index in [1.165, 1.54) is 11.3 Å². The minimum atomic E-state index is -0.0687. The summed E-state index contributed by atoms with van der Waals surface area (Å²) in [7, 11) is 0. The van der Waals surface area contributed by atoms with Crippen LogP contribution in [0.5, 0.6) is 0 Å². The van der Waals surface area contributed by atoms with Gasteiger partial charge in [-0.05, 0) is 44.5 Å². The van der Waals surface area contributed by atoms with E-state index in [0.29, 0.717) is 0 Å². The molecule has 0 aliphatic carbocycles. The molecule has 5 nitrogen and oxygen atoms in total. The number of amides is 1. The molecule has 0 bridgehead atoms. The first-order chi connectivity index (χ1) is 11.0. The molecule has 2 heterocycles. The van der Waals surface area contributed by atoms with Gasteiger partial charge in [-0.2, -0.15) is 5.10 Å². The van der Waals surface area contributed by atoms with Crippen LogP contribution in [0, 0.1) is 20.8 Å². The molecule has 1 aromatic carbocycles. The Bertz CT molecular complexity index is 850. The summed E-state index contributed by atoms with van der Waals surface area (Å²) < 4.78 is 1.81. The fraction of sp³-hybridized carbons (Fsp3) is 0.235. The Hall–Kier alpha value is -2.47. The van der Waals surface area contributed by atoms with Gasteiger partial charge < -0.3 is 5.32 Å². The Labute approximate surface area is 139 Å². The molecule has 0 aliphatic heterocycles. The smallest absolute Gasteiger partial charge is 0.230 e. The lowest BCUT2D eigenvalue weighted by Gasteiger charge is -2.04. The average Bonchev–Trinajstić information content (AvgIpc) is 3.05. The van der Waals surface area contributed by atoms with Crippen LogP contribution in [0.25, 0.3) is 5.13 Å². The van der Waals surface area contributed by atoms with Crippen LogP contribution in [0.2, 0.25) is 0 Å². The number of aromatic nitrogens is 3. The van der Waals surface area contributed by atoms with Crippen molar-refractivity contribution >= 4 is 22.9 Å². The van der Waals surface area contributed by atoms with Crippen LogP contribution in [0.4, 0.5) is 5.69 Å². The summed E-state index contributed by atoms with van der Waals surface area (Å²) >= 11 is 1.49. The molecule has 3 rings (SSSR count). The molecule has 1 N–H and O–H groups in total. The molecule has 1 amide bonds. The summed E-state index contributed by atoms with van der Waals surface area (Å²) in [5.74, 6) is -0.0687. The van der Waals surface area contributed by atoms with Gasteiger partial charge in [-0.1, -0.05) is 12.1 Å². The highest BCUT2D eigenvalue weighted by Crippen LogP contribution is 2.18. The van der Waals surface area contributed by atoms with Gasteiger partial charge in [-0.25, -0.2) is 9.67 Å². The molecular formula is C17H18N4OS. The summed E-state index contributed by atoms with van der Waals surface area (Å²) in [6, 6.07) is 9.75. The highest BCUT2D eigenvalue weighted by atomic mass is 32.1. The second kappa shape index (κ2) is 6.34. The predicted octanol–water partition coefficient (Wildman–Crippen LogP) is 3.44. The number of nitrogens with one attached hydrogen (secondary N) is 1. The third-order valence-electron chi connectivity index (χ3n) is 3.37. The quantitative estimate of drug-likeness (QED) is 0.799. The monoisotopic (exact) mass is 326 g/mol. The lowest BCUT2D eigenvalue weighted by atomic mass is 10.2. The van der Waals surface area contributed by atoms with Gasteiger partial charge in [0, 0.05) is 16.8 Å². The molecular weight excluding hydrogens is 308 g/mol. The number of rotatable bonds is 4. The zero-order chi connectivity index (χ0) is 16.4. The number of aryl methyl sites for hydroxylation is 3. The van der Waals surface area contributed by atoms with Gasteiger partial charge in [0.1, 0.15) is 0 Å². The Morgan fingerprint density at radius 2 is 2.09 bits per heavy atom. The summed E-state index contributed by atoms with van der Waals surface area (Å²) in [6.07, 6.45) is 0.254. The molecule has 0 unspecified atom stereocenters. The van der Waals surface area contributed by atoms with Crippen molar-refractivity contribution in [1.29, 1.82) is 0 Å². The van der Waals surface area contributed by atoms with Gasteiger partial charge in [0.25, 0.3) is 0 Å². The summed E-state index contributed by atoms with van der Waals surface area (Å²) in [5.41, 5.74) is 4.67. The summed E-state index contributed by atoms with van der Waals surface area (Å²) in [5, 5.41) is 10.0. The number of thiazole rings is 1. The van der Waals surface area contributed by atoms with E-state index in [9.17, 15) is 4.79 Å². The molecule has 0 aliphatic rings. The van der Waals surface area contributed by atoms with Crippen LogP contribution < -0.4 is 5.32 Å². The van der Waals surface area contributed by atoms with Crippen LogP contribution in [0.15, 0.2) is 35.7 Å². The first-order valence-electron chi connectivity index (χ1n) is 7.36. The molecule has 23 heavy (non-hydrogen) atoms. The number of hydrogen-bond acceptors (Lipinski definition) is 4. The third-order valence-corrected chi connectivity index (χ3v) is 4.24. The van der Waals surface area contributed by atoms with Crippen molar-refractivity contribution < 1.29 is 4.79 Å². The SMILES string of the molecule is Cc1cccc(NC(=O)Cc2csc(-n3nc(C)cc3C)n2)c1. The van der Waals surface area contributed by atoms with Gasteiger partial charge in [0.2, 0.25) is 11.0 Å². The zero-order valence-electron chi connectivity index (χ0n) is 13.3. The van der Waals surface area contributed by atoms with Crippen molar-refractivity contribution in [3.63, 3.8) is 0 Å². The molecule has 3 aromatic rings. The maximum atomic E-state index is 12.1. The van der Waals surface area contributed by atoms with E-state index in [0.717, 1.165) is 33.5 Å². The zero-order valence-corrected chi connectivity index (χ0v) is 14.1. The van der Waals surface area contributed by atoms with Gasteiger partial charge in [0.15, 0.2) is 0 Å². The van der Waals surface area contributed by atoms with E-state index < -0.39 is 0 Å². The van der Waals surface area contributed by atoms with Crippen LogP contribution in [-0.2, 0) is 11.2 Å². The molecule has 0 spiro atoms. The Kier molecular flexibility index (Phi) is 4.25. The van der Waals surface area contributed by atoms with Crippen molar-refractivity contribution in [2.24, 2.45) is 0 Å². The Morgan fingerprint density at radius 1 is 1.26 bits per heavy atom. The number of anilines is 1. The van der Waals surface area contributed by atoms with Crippen molar-refractivity contribution in [3.05, 3.63) is 58.4 Å². The number of hydrogen-bond donors (Lipinski definition) is 1. The van der Waals surface area contributed by atoms with Gasteiger partial charge in [-0.15, -0.1) is 11.3 Å². The van der Waals surface area contributed by atoms with E-state index in [1.54, 1.807) is 0 Å². The van der Waals surface area contributed by atoms with Crippen LogP contribution in [-0.4, -0.2) is 20.7 Å². The summed E-state index contributed by atoms with van der Waals surface area (Å²) in [4.78, 5) is 16.7. The van der Waals surface area contributed by atoms with Crippen molar-refractivity contribution in [2.45, 2.75) is 27.2 Å². The molecule has 6 heteroatoms.